The average molecular weight is 466 g/mol. The minimum absolute atomic E-state index is 0. The summed E-state index contributed by atoms with van der Waals surface area (Å²) < 4.78 is 40.0. The molecule has 1 aromatic heterocycles. The smallest absolute Gasteiger partial charge is 0.406 e. The highest BCUT2D eigenvalue weighted by atomic mass is 127. The molecule has 2 aromatic rings. The van der Waals surface area contributed by atoms with E-state index in [2.05, 4.69) is 20.0 Å². The third-order valence-electron chi connectivity index (χ3n) is 3.02. The number of aromatic nitrogens is 1. The van der Waals surface area contributed by atoms with Crippen LogP contribution in [0.1, 0.15) is 11.3 Å². The van der Waals surface area contributed by atoms with Crippen LogP contribution < -0.4 is 15.8 Å². The summed E-state index contributed by atoms with van der Waals surface area (Å²) in [6, 6.07) is 9.13. The van der Waals surface area contributed by atoms with Gasteiger partial charge < -0.3 is 15.8 Å². The van der Waals surface area contributed by atoms with Crippen molar-refractivity contribution >= 4 is 35.6 Å². The summed E-state index contributed by atoms with van der Waals surface area (Å²) in [5, 5.41) is 2.80. The van der Waals surface area contributed by atoms with Crippen LogP contribution in [0.4, 0.5) is 18.9 Å². The van der Waals surface area contributed by atoms with Gasteiger partial charge in [0, 0.05) is 24.1 Å². The Morgan fingerprint density at radius 1 is 1.20 bits per heavy atom. The van der Waals surface area contributed by atoms with E-state index in [1.54, 1.807) is 6.20 Å². The van der Waals surface area contributed by atoms with Crippen LogP contribution in [0.3, 0.4) is 0 Å². The molecule has 1 heterocycles. The molecule has 0 fully saturated rings. The molecule has 2 rings (SSSR count). The van der Waals surface area contributed by atoms with Crippen LogP contribution in [0.2, 0.25) is 0 Å². The molecule has 0 aliphatic rings. The molecule has 3 N–H and O–H groups in total. The van der Waals surface area contributed by atoms with Gasteiger partial charge >= 0.3 is 6.36 Å². The second kappa shape index (κ2) is 9.44. The second-order valence-electron chi connectivity index (χ2n) is 5.02. The SMILES string of the molecule is Cc1ccc(CCN=C(N)Nc2ccc(OC(F)(F)F)cc2)cn1.I. The maximum Gasteiger partial charge on any atom is 0.573 e. The van der Waals surface area contributed by atoms with Gasteiger partial charge in [-0.2, -0.15) is 0 Å². The van der Waals surface area contributed by atoms with Crippen LogP contribution in [-0.2, 0) is 6.42 Å². The van der Waals surface area contributed by atoms with Crippen LogP contribution in [0, 0.1) is 6.92 Å². The zero-order valence-corrected chi connectivity index (χ0v) is 15.7. The lowest BCUT2D eigenvalue weighted by molar-refractivity contribution is -0.274. The number of ether oxygens (including phenoxy) is 1. The van der Waals surface area contributed by atoms with Gasteiger partial charge in [0.25, 0.3) is 0 Å². The molecule has 25 heavy (non-hydrogen) atoms. The first-order valence-electron chi connectivity index (χ1n) is 7.16. The summed E-state index contributed by atoms with van der Waals surface area (Å²) in [6.07, 6.45) is -2.23. The van der Waals surface area contributed by atoms with E-state index in [1.807, 2.05) is 19.1 Å². The number of guanidine groups is 1. The van der Waals surface area contributed by atoms with Gasteiger partial charge in [0.05, 0.1) is 0 Å². The largest absolute Gasteiger partial charge is 0.573 e. The predicted octanol–water partition coefficient (Wildman–Crippen LogP) is 3.88. The number of nitrogens with zero attached hydrogens (tertiary/aromatic N) is 2. The van der Waals surface area contributed by atoms with Gasteiger partial charge in [0.1, 0.15) is 5.75 Å². The number of anilines is 1. The molecule has 0 aliphatic carbocycles. The number of nitrogens with one attached hydrogen (secondary N) is 1. The molecule has 1 aromatic carbocycles. The van der Waals surface area contributed by atoms with E-state index in [-0.39, 0.29) is 35.7 Å². The summed E-state index contributed by atoms with van der Waals surface area (Å²) in [5.74, 6) is -0.116. The fourth-order valence-electron chi connectivity index (χ4n) is 1.88. The van der Waals surface area contributed by atoms with Gasteiger partial charge in [-0.3, -0.25) is 9.98 Å². The van der Waals surface area contributed by atoms with Crippen molar-refractivity contribution in [1.82, 2.24) is 4.98 Å². The number of hydrogen-bond donors (Lipinski definition) is 2. The number of aliphatic imine (C=N–C) groups is 1. The monoisotopic (exact) mass is 466 g/mol. The first-order chi connectivity index (χ1) is 11.3. The molecule has 0 spiro atoms. The van der Waals surface area contributed by atoms with Gasteiger partial charge in [-0.1, -0.05) is 6.07 Å². The number of halogens is 4. The molecular weight excluding hydrogens is 448 g/mol. The number of alkyl halides is 3. The van der Waals surface area contributed by atoms with Crippen LogP contribution >= 0.6 is 24.0 Å². The normalized spacial score (nSPS) is 11.6. The molecule has 0 atom stereocenters. The lowest BCUT2D eigenvalue weighted by Crippen LogP contribution is -2.23. The summed E-state index contributed by atoms with van der Waals surface area (Å²) in [5.41, 5.74) is 8.26. The second-order valence-corrected chi connectivity index (χ2v) is 5.02. The number of hydrogen-bond acceptors (Lipinski definition) is 3. The van der Waals surface area contributed by atoms with Crippen LogP contribution in [-0.4, -0.2) is 23.9 Å². The molecule has 5 nitrogen and oxygen atoms in total. The lowest BCUT2D eigenvalue weighted by atomic mass is 10.2. The van der Waals surface area contributed by atoms with E-state index < -0.39 is 6.36 Å². The van der Waals surface area contributed by atoms with Crippen molar-refractivity contribution in [3.05, 3.63) is 53.9 Å². The third-order valence-corrected chi connectivity index (χ3v) is 3.02. The number of pyridine rings is 1. The Balaban J connectivity index is 0.00000312. The molecule has 9 heteroatoms. The molecule has 0 unspecified atom stereocenters. The zero-order valence-electron chi connectivity index (χ0n) is 13.4. The molecule has 0 amide bonds. The van der Waals surface area contributed by atoms with Crippen molar-refractivity contribution in [2.24, 2.45) is 10.7 Å². The number of nitrogens with two attached hydrogens (primary N) is 1. The standard InChI is InChI=1S/C16H17F3N4O.HI/c1-11-2-3-12(10-22-11)8-9-21-15(20)23-13-4-6-14(7-5-13)24-16(17,18)19;/h2-7,10H,8-9H2,1H3,(H3,20,21,23);1H. The fourth-order valence-corrected chi connectivity index (χ4v) is 1.88. The van der Waals surface area contributed by atoms with Crippen LogP contribution in [0.5, 0.6) is 5.75 Å². The number of rotatable bonds is 5. The highest BCUT2D eigenvalue weighted by Gasteiger charge is 2.30. The minimum atomic E-state index is -4.71. The fraction of sp³-hybridized carbons (Fsp3) is 0.250. The Bertz CT molecular complexity index is 688. The quantitative estimate of drug-likeness (QED) is 0.399. The topological polar surface area (TPSA) is 72.5 Å². The van der Waals surface area contributed by atoms with Crippen LogP contribution in [0.25, 0.3) is 0 Å². The Labute approximate surface area is 160 Å². The maximum absolute atomic E-state index is 12.1. The number of benzene rings is 1. The van der Waals surface area contributed by atoms with Gasteiger partial charge in [-0.05, 0) is 49.2 Å². The average Bonchev–Trinajstić information content (AvgIpc) is 2.50. The zero-order chi connectivity index (χ0) is 17.6. The van der Waals surface area contributed by atoms with E-state index in [0.29, 0.717) is 18.7 Å². The molecule has 0 aliphatic heterocycles. The van der Waals surface area contributed by atoms with Gasteiger partial charge in [-0.25, -0.2) is 0 Å². The summed E-state index contributed by atoms with van der Waals surface area (Å²) in [4.78, 5) is 8.35. The summed E-state index contributed by atoms with van der Waals surface area (Å²) in [6.45, 7) is 2.38. The molecular formula is C16H18F3IN4O. The summed E-state index contributed by atoms with van der Waals surface area (Å²) in [7, 11) is 0. The first kappa shape index (κ1) is 21.0. The minimum Gasteiger partial charge on any atom is -0.406 e. The van der Waals surface area contributed by atoms with Crippen molar-refractivity contribution in [2.75, 3.05) is 11.9 Å². The van der Waals surface area contributed by atoms with E-state index in [4.69, 9.17) is 5.73 Å². The molecule has 0 saturated carbocycles. The first-order valence-corrected chi connectivity index (χ1v) is 7.16. The van der Waals surface area contributed by atoms with Crippen LogP contribution in [0.15, 0.2) is 47.6 Å². The van der Waals surface area contributed by atoms with E-state index in [0.717, 1.165) is 11.3 Å². The Morgan fingerprint density at radius 2 is 1.88 bits per heavy atom. The molecule has 0 saturated heterocycles. The molecule has 0 bridgehead atoms. The molecule has 0 radical (unpaired) electrons. The summed E-state index contributed by atoms with van der Waals surface area (Å²) >= 11 is 0. The number of aryl methyl sites for hydroxylation is 1. The van der Waals surface area contributed by atoms with Gasteiger partial charge in [-0.15, -0.1) is 37.1 Å². The maximum atomic E-state index is 12.1. The predicted molar refractivity (Wildman–Crippen MR) is 101 cm³/mol. The van der Waals surface area contributed by atoms with Crippen molar-refractivity contribution in [3.63, 3.8) is 0 Å². The van der Waals surface area contributed by atoms with Gasteiger partial charge in [0.2, 0.25) is 0 Å². The highest BCUT2D eigenvalue weighted by Crippen LogP contribution is 2.23. The van der Waals surface area contributed by atoms with E-state index in [1.165, 1.54) is 24.3 Å². The molecule has 136 valence electrons. The highest BCUT2D eigenvalue weighted by molar-refractivity contribution is 14.0. The third kappa shape index (κ3) is 8.05. The van der Waals surface area contributed by atoms with E-state index in [9.17, 15) is 13.2 Å². The van der Waals surface area contributed by atoms with Crippen molar-refractivity contribution < 1.29 is 17.9 Å². The van der Waals surface area contributed by atoms with Crippen molar-refractivity contribution in [2.45, 2.75) is 19.7 Å². The Hall–Kier alpha value is -2.04. The Morgan fingerprint density at radius 3 is 2.44 bits per heavy atom. The van der Waals surface area contributed by atoms with Crippen molar-refractivity contribution in [1.29, 1.82) is 0 Å². The van der Waals surface area contributed by atoms with Gasteiger partial charge in [0.15, 0.2) is 5.96 Å². The lowest BCUT2D eigenvalue weighted by Gasteiger charge is -2.10. The van der Waals surface area contributed by atoms with Crippen molar-refractivity contribution in [3.8, 4) is 5.75 Å². The Kier molecular flexibility index (Phi) is 7.94. The van der Waals surface area contributed by atoms with E-state index >= 15 is 0 Å².